The molecule has 0 amide bonds. The van der Waals surface area contributed by atoms with Crippen molar-refractivity contribution in [1.82, 2.24) is 13.6 Å². The first-order chi connectivity index (χ1) is 12.1. The maximum absolute atomic E-state index is 13.3. The summed E-state index contributed by atoms with van der Waals surface area (Å²) in [6.07, 6.45) is 4.93. The van der Waals surface area contributed by atoms with Crippen molar-refractivity contribution >= 4 is 31.8 Å². The molecule has 2 atom stereocenters. The molecule has 3 heterocycles. The van der Waals surface area contributed by atoms with Gasteiger partial charge in [0.15, 0.2) is 0 Å². The van der Waals surface area contributed by atoms with E-state index in [0.717, 1.165) is 47.3 Å². The number of piperidine rings is 2. The first kappa shape index (κ1) is 17.4. The molecule has 4 rings (SSSR count). The van der Waals surface area contributed by atoms with Gasteiger partial charge in [-0.25, -0.2) is 4.98 Å². The van der Waals surface area contributed by atoms with Gasteiger partial charge in [-0.05, 0) is 43.7 Å². The normalized spacial score (nSPS) is 26.9. The van der Waals surface area contributed by atoms with Crippen LogP contribution >= 0.6 is 11.3 Å². The number of hydrogen-bond acceptors (Lipinski definition) is 4. The molecule has 0 N–H and O–H groups in total. The summed E-state index contributed by atoms with van der Waals surface area (Å²) in [6, 6.07) is 7.94. The Labute approximate surface area is 153 Å². The first-order valence-corrected chi connectivity index (χ1v) is 11.4. The van der Waals surface area contributed by atoms with Gasteiger partial charge in [0, 0.05) is 19.6 Å². The van der Waals surface area contributed by atoms with E-state index in [9.17, 15) is 8.42 Å². The van der Waals surface area contributed by atoms with Gasteiger partial charge in [0.1, 0.15) is 5.01 Å². The van der Waals surface area contributed by atoms with Crippen molar-refractivity contribution in [3.8, 4) is 0 Å². The zero-order chi connectivity index (χ0) is 17.4. The highest BCUT2D eigenvalue weighted by Crippen LogP contribution is 2.38. The summed E-state index contributed by atoms with van der Waals surface area (Å²) in [5.41, 5.74) is 0.969. The molecule has 0 bridgehead atoms. The summed E-state index contributed by atoms with van der Waals surface area (Å²) in [6.45, 7) is 4.04. The van der Waals surface area contributed by atoms with Crippen LogP contribution in [0.25, 0.3) is 10.2 Å². The van der Waals surface area contributed by atoms with Crippen LogP contribution in [0, 0.1) is 5.92 Å². The zero-order valence-electron chi connectivity index (χ0n) is 14.6. The maximum Gasteiger partial charge on any atom is 0.282 e. The molecular weight excluding hydrogens is 354 g/mol. The van der Waals surface area contributed by atoms with Crippen LogP contribution < -0.4 is 0 Å². The van der Waals surface area contributed by atoms with Gasteiger partial charge in [-0.2, -0.15) is 17.0 Å². The average Bonchev–Trinajstić information content (AvgIpc) is 3.06. The highest BCUT2D eigenvalue weighted by Gasteiger charge is 2.39. The molecule has 2 aliphatic rings. The van der Waals surface area contributed by atoms with Gasteiger partial charge < -0.3 is 0 Å². The molecular formula is C18H25N3O2S2. The minimum absolute atomic E-state index is 0.117. The molecule has 7 heteroatoms. The topological polar surface area (TPSA) is 53.5 Å². The second-order valence-electron chi connectivity index (χ2n) is 7.26. The fraction of sp³-hybridized carbons (Fsp3) is 0.611. The van der Waals surface area contributed by atoms with Gasteiger partial charge in [0.25, 0.3) is 10.2 Å². The Morgan fingerprint density at radius 2 is 1.96 bits per heavy atom. The van der Waals surface area contributed by atoms with Gasteiger partial charge in [0.05, 0.1) is 16.3 Å². The van der Waals surface area contributed by atoms with E-state index in [4.69, 9.17) is 4.98 Å². The lowest BCUT2D eigenvalue weighted by Crippen LogP contribution is -2.50. The van der Waals surface area contributed by atoms with E-state index in [1.165, 1.54) is 0 Å². The third kappa shape index (κ3) is 3.35. The molecule has 2 aliphatic heterocycles. The highest BCUT2D eigenvalue weighted by atomic mass is 32.2. The van der Waals surface area contributed by atoms with E-state index in [1.54, 1.807) is 19.9 Å². The second kappa shape index (κ2) is 6.95. The molecule has 5 nitrogen and oxygen atoms in total. The van der Waals surface area contributed by atoms with Gasteiger partial charge in [-0.15, -0.1) is 11.3 Å². The molecule has 2 saturated heterocycles. The van der Waals surface area contributed by atoms with Crippen molar-refractivity contribution in [2.75, 3.05) is 19.6 Å². The Bertz CT molecular complexity index is 816. The van der Waals surface area contributed by atoms with Crippen molar-refractivity contribution in [3.63, 3.8) is 0 Å². The smallest absolute Gasteiger partial charge is 0.239 e. The number of thiazole rings is 1. The number of rotatable bonds is 3. The molecule has 0 aliphatic carbocycles. The highest BCUT2D eigenvalue weighted by molar-refractivity contribution is 7.86. The van der Waals surface area contributed by atoms with E-state index in [0.29, 0.717) is 25.6 Å². The molecule has 0 unspecified atom stereocenters. The minimum atomic E-state index is -3.42. The summed E-state index contributed by atoms with van der Waals surface area (Å²) in [7, 11) is -3.42. The number of aromatic nitrogens is 1. The van der Waals surface area contributed by atoms with Gasteiger partial charge >= 0.3 is 0 Å². The molecule has 1 aromatic heterocycles. The average molecular weight is 380 g/mol. The standard InChI is InChI=1S/C18H25N3O2S2/c1-14-7-6-11-20(13-14)25(22,23)21-12-5-4-9-16(21)18-19-15-8-2-3-10-17(15)24-18/h2-3,8,10,14,16H,4-7,9,11-13H2,1H3/t14-,16-/m1/s1. The predicted octanol–water partition coefficient (Wildman–Crippen LogP) is 3.80. The summed E-state index contributed by atoms with van der Waals surface area (Å²) >= 11 is 1.64. The number of benzene rings is 1. The summed E-state index contributed by atoms with van der Waals surface area (Å²) in [5.74, 6) is 0.439. The molecule has 0 spiro atoms. The van der Waals surface area contributed by atoms with E-state index < -0.39 is 10.2 Å². The van der Waals surface area contributed by atoms with Crippen LogP contribution in [-0.2, 0) is 10.2 Å². The Hall–Kier alpha value is -1.02. The zero-order valence-corrected chi connectivity index (χ0v) is 16.2. The van der Waals surface area contributed by atoms with E-state index >= 15 is 0 Å². The summed E-state index contributed by atoms with van der Waals surface area (Å²) < 4.78 is 31.2. The molecule has 136 valence electrons. The fourth-order valence-corrected chi connectivity index (χ4v) is 7.13. The second-order valence-corrected chi connectivity index (χ2v) is 10.2. The predicted molar refractivity (Wildman–Crippen MR) is 102 cm³/mol. The van der Waals surface area contributed by atoms with E-state index in [1.807, 2.05) is 18.2 Å². The Morgan fingerprint density at radius 3 is 2.76 bits per heavy atom. The van der Waals surface area contributed by atoms with Crippen molar-refractivity contribution < 1.29 is 8.42 Å². The quantitative estimate of drug-likeness (QED) is 0.815. The molecule has 0 saturated carbocycles. The van der Waals surface area contributed by atoms with Crippen molar-refractivity contribution in [2.45, 2.75) is 45.1 Å². The Balaban J connectivity index is 1.66. The third-order valence-electron chi connectivity index (χ3n) is 5.29. The Morgan fingerprint density at radius 1 is 1.12 bits per heavy atom. The monoisotopic (exact) mass is 379 g/mol. The minimum Gasteiger partial charge on any atom is -0.239 e. The van der Waals surface area contributed by atoms with Crippen molar-refractivity contribution in [1.29, 1.82) is 0 Å². The van der Waals surface area contributed by atoms with E-state index in [-0.39, 0.29) is 6.04 Å². The van der Waals surface area contributed by atoms with E-state index in [2.05, 4.69) is 13.0 Å². The van der Waals surface area contributed by atoms with Crippen LogP contribution in [0.3, 0.4) is 0 Å². The SMILES string of the molecule is C[C@@H]1CCCN(S(=O)(=O)N2CCCC[C@@H]2c2nc3ccccc3s2)C1. The van der Waals surface area contributed by atoms with Crippen LogP contribution in [-0.4, -0.2) is 41.6 Å². The van der Waals surface area contributed by atoms with Crippen LogP contribution in [0.2, 0.25) is 0 Å². The summed E-state index contributed by atoms with van der Waals surface area (Å²) in [4.78, 5) is 4.75. The fourth-order valence-electron chi connectivity index (χ4n) is 3.96. The molecule has 2 aromatic rings. The number of nitrogens with zero attached hydrogens (tertiary/aromatic N) is 3. The number of hydrogen-bond donors (Lipinski definition) is 0. The lowest BCUT2D eigenvalue weighted by Gasteiger charge is -2.39. The van der Waals surface area contributed by atoms with Crippen LogP contribution in [0.1, 0.15) is 50.1 Å². The van der Waals surface area contributed by atoms with Crippen molar-refractivity contribution in [3.05, 3.63) is 29.3 Å². The van der Waals surface area contributed by atoms with Crippen LogP contribution in [0.15, 0.2) is 24.3 Å². The maximum atomic E-state index is 13.3. The van der Waals surface area contributed by atoms with Crippen LogP contribution in [0.5, 0.6) is 0 Å². The molecule has 25 heavy (non-hydrogen) atoms. The van der Waals surface area contributed by atoms with Gasteiger partial charge in [0.2, 0.25) is 0 Å². The largest absolute Gasteiger partial charge is 0.282 e. The van der Waals surface area contributed by atoms with Crippen LogP contribution in [0.4, 0.5) is 0 Å². The van der Waals surface area contributed by atoms with Gasteiger partial charge in [-0.1, -0.05) is 25.5 Å². The Kier molecular flexibility index (Phi) is 4.83. The van der Waals surface area contributed by atoms with Crippen molar-refractivity contribution in [2.24, 2.45) is 5.92 Å². The lowest BCUT2D eigenvalue weighted by atomic mass is 10.0. The van der Waals surface area contributed by atoms with Gasteiger partial charge in [-0.3, -0.25) is 0 Å². The molecule has 0 radical (unpaired) electrons. The third-order valence-corrected chi connectivity index (χ3v) is 8.44. The molecule has 2 fully saturated rings. The molecule has 1 aromatic carbocycles. The first-order valence-electron chi connectivity index (χ1n) is 9.18. The number of para-hydroxylation sites is 1. The summed E-state index contributed by atoms with van der Waals surface area (Å²) in [5, 5.41) is 0.939. The number of fused-ring (bicyclic) bond motifs is 1. The lowest BCUT2D eigenvalue weighted by molar-refractivity contribution is 0.211.